The maximum atomic E-state index is 11.2. The van der Waals surface area contributed by atoms with Crippen LogP contribution in [-0.2, 0) is 28.2 Å². The van der Waals surface area contributed by atoms with Gasteiger partial charge in [0.25, 0.3) is 0 Å². The SMILES string of the molecule is CCOC(Cc1ccc(OCCn2c(C)ccc2-c2ccc(CS)cc2)cc1)C(=O)O. The molecule has 1 heterocycles. The second-order valence-corrected chi connectivity index (χ2v) is 7.66. The van der Waals surface area contributed by atoms with Crippen LogP contribution >= 0.6 is 12.6 Å². The number of aromatic nitrogens is 1. The van der Waals surface area contributed by atoms with E-state index < -0.39 is 12.1 Å². The molecular weight excluding hydrogens is 410 g/mol. The lowest BCUT2D eigenvalue weighted by Crippen LogP contribution is -2.26. The zero-order chi connectivity index (χ0) is 22.2. The highest BCUT2D eigenvalue weighted by Crippen LogP contribution is 2.24. The molecule has 0 aliphatic heterocycles. The Balaban J connectivity index is 1.59. The Morgan fingerprint density at radius 3 is 2.32 bits per heavy atom. The molecule has 1 unspecified atom stereocenters. The normalized spacial score (nSPS) is 12.0. The Hall–Kier alpha value is -2.70. The van der Waals surface area contributed by atoms with Gasteiger partial charge in [-0.2, -0.15) is 12.6 Å². The monoisotopic (exact) mass is 439 g/mol. The fraction of sp³-hybridized carbons (Fsp3) is 0.320. The molecule has 3 aromatic rings. The Kier molecular flexibility index (Phi) is 8.20. The van der Waals surface area contributed by atoms with E-state index in [0.717, 1.165) is 29.3 Å². The van der Waals surface area contributed by atoms with E-state index in [1.165, 1.54) is 16.8 Å². The Bertz CT molecular complexity index is 980. The van der Waals surface area contributed by atoms with Gasteiger partial charge in [0.1, 0.15) is 12.4 Å². The van der Waals surface area contributed by atoms with Gasteiger partial charge >= 0.3 is 5.97 Å². The van der Waals surface area contributed by atoms with Crippen LogP contribution in [0.4, 0.5) is 0 Å². The van der Waals surface area contributed by atoms with Crippen LogP contribution in [0.1, 0.15) is 23.7 Å². The predicted molar refractivity (Wildman–Crippen MR) is 126 cm³/mol. The number of rotatable bonds is 11. The molecule has 0 amide bonds. The molecule has 1 atom stereocenters. The largest absolute Gasteiger partial charge is 0.492 e. The highest BCUT2D eigenvalue weighted by atomic mass is 32.1. The predicted octanol–water partition coefficient (Wildman–Crippen LogP) is 5.00. The van der Waals surface area contributed by atoms with Crippen molar-refractivity contribution < 1.29 is 19.4 Å². The lowest BCUT2D eigenvalue weighted by molar-refractivity contribution is -0.149. The summed E-state index contributed by atoms with van der Waals surface area (Å²) in [6.07, 6.45) is -0.491. The van der Waals surface area contributed by atoms with Crippen LogP contribution < -0.4 is 4.74 Å². The van der Waals surface area contributed by atoms with Crippen LogP contribution in [0.25, 0.3) is 11.3 Å². The fourth-order valence-corrected chi connectivity index (χ4v) is 3.72. The first-order chi connectivity index (χ1) is 15.0. The van der Waals surface area contributed by atoms with Crippen molar-refractivity contribution in [3.8, 4) is 17.0 Å². The molecule has 2 aromatic carbocycles. The highest BCUT2D eigenvalue weighted by molar-refractivity contribution is 7.79. The van der Waals surface area contributed by atoms with Crippen molar-refractivity contribution in [1.29, 1.82) is 0 Å². The molecule has 31 heavy (non-hydrogen) atoms. The van der Waals surface area contributed by atoms with Crippen molar-refractivity contribution in [3.05, 3.63) is 77.5 Å². The molecule has 1 N–H and O–H groups in total. The topological polar surface area (TPSA) is 60.7 Å². The van der Waals surface area contributed by atoms with Crippen molar-refractivity contribution in [3.63, 3.8) is 0 Å². The molecule has 0 aliphatic rings. The van der Waals surface area contributed by atoms with Gasteiger partial charge in [-0.3, -0.25) is 0 Å². The van der Waals surface area contributed by atoms with Crippen LogP contribution in [0.3, 0.4) is 0 Å². The molecule has 0 saturated carbocycles. The minimum Gasteiger partial charge on any atom is -0.492 e. The van der Waals surface area contributed by atoms with E-state index in [0.29, 0.717) is 19.6 Å². The summed E-state index contributed by atoms with van der Waals surface area (Å²) < 4.78 is 13.5. The van der Waals surface area contributed by atoms with Crippen LogP contribution in [0, 0.1) is 6.92 Å². The van der Waals surface area contributed by atoms with Gasteiger partial charge in [-0.1, -0.05) is 36.4 Å². The van der Waals surface area contributed by atoms with E-state index in [1.807, 2.05) is 24.3 Å². The quantitative estimate of drug-likeness (QED) is 0.413. The lowest BCUT2D eigenvalue weighted by Gasteiger charge is -2.14. The molecule has 0 spiro atoms. The van der Waals surface area contributed by atoms with Crippen LogP contribution in [0.5, 0.6) is 5.75 Å². The van der Waals surface area contributed by atoms with Crippen LogP contribution in [0.2, 0.25) is 0 Å². The van der Waals surface area contributed by atoms with Gasteiger partial charge in [0.2, 0.25) is 0 Å². The number of carboxylic acids is 1. The Morgan fingerprint density at radius 1 is 1.03 bits per heavy atom. The summed E-state index contributed by atoms with van der Waals surface area (Å²) in [5.41, 5.74) is 5.62. The van der Waals surface area contributed by atoms with Crippen molar-refractivity contribution >= 4 is 18.6 Å². The van der Waals surface area contributed by atoms with Crippen LogP contribution in [0.15, 0.2) is 60.7 Å². The third kappa shape index (κ3) is 6.15. The molecule has 6 heteroatoms. The number of nitrogens with zero attached hydrogens (tertiary/aromatic N) is 1. The Morgan fingerprint density at radius 2 is 1.71 bits per heavy atom. The van der Waals surface area contributed by atoms with Crippen LogP contribution in [-0.4, -0.2) is 35.0 Å². The fourth-order valence-electron chi connectivity index (χ4n) is 3.51. The zero-order valence-corrected chi connectivity index (χ0v) is 18.8. The van der Waals surface area contributed by atoms with Gasteiger partial charge in [-0.15, -0.1) is 0 Å². The van der Waals surface area contributed by atoms with Gasteiger partial charge in [0, 0.05) is 30.2 Å². The van der Waals surface area contributed by atoms with Crippen molar-refractivity contribution in [2.24, 2.45) is 0 Å². The number of benzene rings is 2. The third-order valence-corrected chi connectivity index (χ3v) is 5.57. The van der Waals surface area contributed by atoms with E-state index in [2.05, 4.69) is 60.5 Å². The number of ether oxygens (including phenoxy) is 2. The molecule has 0 bridgehead atoms. The average Bonchev–Trinajstić information content (AvgIpc) is 3.15. The summed E-state index contributed by atoms with van der Waals surface area (Å²) >= 11 is 4.32. The summed E-state index contributed by atoms with van der Waals surface area (Å²) in [5, 5.41) is 9.22. The van der Waals surface area contributed by atoms with Crippen molar-refractivity contribution in [1.82, 2.24) is 4.57 Å². The molecule has 0 fully saturated rings. The summed E-state index contributed by atoms with van der Waals surface area (Å²) in [6, 6.07) is 20.2. The number of aliphatic carboxylic acids is 1. The lowest BCUT2D eigenvalue weighted by atomic mass is 10.1. The first-order valence-corrected chi connectivity index (χ1v) is 11.1. The first kappa shape index (κ1) is 23.0. The summed E-state index contributed by atoms with van der Waals surface area (Å²) in [4.78, 5) is 11.2. The van der Waals surface area contributed by atoms with Gasteiger partial charge in [-0.25, -0.2) is 4.79 Å². The van der Waals surface area contributed by atoms with E-state index in [-0.39, 0.29) is 0 Å². The van der Waals surface area contributed by atoms with E-state index >= 15 is 0 Å². The summed E-state index contributed by atoms with van der Waals surface area (Å²) in [6.45, 7) is 5.53. The van der Waals surface area contributed by atoms with Gasteiger partial charge in [-0.05, 0) is 54.8 Å². The number of hydrogen-bond donors (Lipinski definition) is 2. The summed E-state index contributed by atoms with van der Waals surface area (Å²) in [7, 11) is 0. The average molecular weight is 440 g/mol. The third-order valence-electron chi connectivity index (χ3n) is 5.20. The van der Waals surface area contributed by atoms with Gasteiger partial charge in [0.05, 0.1) is 6.54 Å². The molecule has 3 rings (SSSR count). The molecule has 0 saturated heterocycles. The zero-order valence-electron chi connectivity index (χ0n) is 18.0. The van der Waals surface area contributed by atoms with E-state index in [9.17, 15) is 9.90 Å². The number of thiol groups is 1. The number of hydrogen-bond acceptors (Lipinski definition) is 4. The highest BCUT2D eigenvalue weighted by Gasteiger charge is 2.17. The second kappa shape index (κ2) is 11.1. The molecule has 5 nitrogen and oxygen atoms in total. The smallest absolute Gasteiger partial charge is 0.333 e. The molecule has 1 aromatic heterocycles. The molecule has 0 aliphatic carbocycles. The Labute approximate surface area is 189 Å². The number of carboxylic acid groups (broad SMARTS) is 1. The maximum Gasteiger partial charge on any atom is 0.333 e. The van der Waals surface area contributed by atoms with Gasteiger partial charge in [0.15, 0.2) is 6.10 Å². The van der Waals surface area contributed by atoms with E-state index in [1.54, 1.807) is 6.92 Å². The molecule has 164 valence electrons. The number of carbonyl (C=O) groups is 1. The molecular formula is C25H29NO4S. The van der Waals surface area contributed by atoms with Crippen molar-refractivity contribution in [2.75, 3.05) is 13.2 Å². The number of aryl methyl sites for hydroxylation is 1. The van der Waals surface area contributed by atoms with Crippen molar-refractivity contribution in [2.45, 2.75) is 38.7 Å². The maximum absolute atomic E-state index is 11.2. The minimum atomic E-state index is -0.944. The van der Waals surface area contributed by atoms with E-state index in [4.69, 9.17) is 9.47 Å². The second-order valence-electron chi connectivity index (χ2n) is 7.35. The first-order valence-electron chi connectivity index (χ1n) is 10.4. The standard InChI is InChI=1S/C25H29NO4S/c1-3-29-24(25(27)28)16-19-7-11-22(12-8-19)30-15-14-26-18(2)4-13-23(26)21-9-5-20(17-31)6-10-21/h4-13,24,31H,3,14-17H2,1-2H3,(H,27,28). The minimum absolute atomic E-state index is 0.335. The summed E-state index contributed by atoms with van der Waals surface area (Å²) in [5.74, 6) is 0.548. The molecule has 0 radical (unpaired) electrons. The van der Waals surface area contributed by atoms with Gasteiger partial charge < -0.3 is 19.1 Å².